The lowest BCUT2D eigenvalue weighted by molar-refractivity contribution is 0.560. The lowest BCUT2D eigenvalue weighted by atomic mass is 10.1. The van der Waals surface area contributed by atoms with Gasteiger partial charge in [-0.2, -0.15) is 0 Å². The van der Waals surface area contributed by atoms with Crippen LogP contribution in [-0.4, -0.2) is 6.04 Å². The van der Waals surface area contributed by atoms with Crippen molar-refractivity contribution >= 4 is 5.69 Å². The summed E-state index contributed by atoms with van der Waals surface area (Å²) in [6.07, 6.45) is 1.11. The van der Waals surface area contributed by atoms with Gasteiger partial charge in [0.1, 0.15) is 0 Å². The first-order valence-electron chi connectivity index (χ1n) is 5.49. The first-order valence-corrected chi connectivity index (χ1v) is 5.49. The van der Waals surface area contributed by atoms with Crippen molar-refractivity contribution in [2.45, 2.75) is 40.2 Å². The van der Waals surface area contributed by atoms with Gasteiger partial charge in [0, 0.05) is 11.7 Å². The Morgan fingerprint density at radius 1 is 1.07 bits per heavy atom. The molecule has 1 heteroatoms. The number of hydrogen-bond acceptors (Lipinski definition) is 1. The smallest absolute Gasteiger partial charge is 0.0342 e. The summed E-state index contributed by atoms with van der Waals surface area (Å²) < 4.78 is 0. The minimum Gasteiger partial charge on any atom is -0.382 e. The average molecular weight is 191 g/mol. The lowest BCUT2D eigenvalue weighted by Gasteiger charge is -2.18. The van der Waals surface area contributed by atoms with Crippen LogP contribution in [0.2, 0.25) is 0 Å². The van der Waals surface area contributed by atoms with Gasteiger partial charge in [-0.25, -0.2) is 0 Å². The second-order valence-corrected chi connectivity index (χ2v) is 4.23. The SMILES string of the molecule is CCc1ccc(N[C@@H](C)C(C)C)cc1. The fraction of sp³-hybridized carbons (Fsp3) is 0.538. The van der Waals surface area contributed by atoms with Crippen LogP contribution >= 0.6 is 0 Å². The molecule has 0 fully saturated rings. The Labute approximate surface area is 87.5 Å². The molecule has 0 aliphatic rings. The van der Waals surface area contributed by atoms with Crippen LogP contribution in [0.25, 0.3) is 0 Å². The van der Waals surface area contributed by atoms with Gasteiger partial charge in [-0.3, -0.25) is 0 Å². The molecule has 1 rings (SSSR count). The summed E-state index contributed by atoms with van der Waals surface area (Å²) in [6, 6.07) is 9.24. The fourth-order valence-electron chi connectivity index (χ4n) is 1.27. The summed E-state index contributed by atoms with van der Waals surface area (Å²) in [5.74, 6) is 0.667. The van der Waals surface area contributed by atoms with Crippen molar-refractivity contribution in [2.75, 3.05) is 5.32 Å². The largest absolute Gasteiger partial charge is 0.382 e. The summed E-state index contributed by atoms with van der Waals surface area (Å²) in [5, 5.41) is 3.49. The molecule has 0 bridgehead atoms. The maximum absolute atomic E-state index is 3.49. The van der Waals surface area contributed by atoms with E-state index in [1.807, 2.05) is 0 Å². The summed E-state index contributed by atoms with van der Waals surface area (Å²) in [7, 11) is 0. The summed E-state index contributed by atoms with van der Waals surface area (Å²) in [4.78, 5) is 0. The average Bonchev–Trinajstić information content (AvgIpc) is 2.19. The molecule has 0 saturated heterocycles. The zero-order valence-corrected chi connectivity index (χ0v) is 9.67. The van der Waals surface area contributed by atoms with Crippen molar-refractivity contribution < 1.29 is 0 Å². The molecule has 0 saturated carbocycles. The third-order valence-electron chi connectivity index (χ3n) is 2.76. The fourth-order valence-corrected chi connectivity index (χ4v) is 1.27. The van der Waals surface area contributed by atoms with Gasteiger partial charge in [0.2, 0.25) is 0 Å². The molecule has 1 aromatic carbocycles. The first-order chi connectivity index (χ1) is 6.63. The van der Waals surface area contributed by atoms with Gasteiger partial charge in [-0.05, 0) is 37.0 Å². The predicted molar refractivity (Wildman–Crippen MR) is 63.7 cm³/mol. The normalized spacial score (nSPS) is 12.9. The van der Waals surface area contributed by atoms with Crippen molar-refractivity contribution in [3.05, 3.63) is 29.8 Å². The lowest BCUT2D eigenvalue weighted by Crippen LogP contribution is -2.21. The Kier molecular flexibility index (Phi) is 3.99. The number of nitrogens with one attached hydrogen (secondary N) is 1. The third kappa shape index (κ3) is 3.06. The molecule has 1 nitrogen and oxygen atoms in total. The minimum absolute atomic E-state index is 0.530. The number of rotatable bonds is 4. The number of benzene rings is 1. The van der Waals surface area contributed by atoms with E-state index in [0.29, 0.717) is 12.0 Å². The van der Waals surface area contributed by atoms with E-state index in [0.717, 1.165) is 6.42 Å². The highest BCUT2D eigenvalue weighted by Crippen LogP contribution is 2.13. The van der Waals surface area contributed by atoms with Gasteiger partial charge in [0.15, 0.2) is 0 Å². The van der Waals surface area contributed by atoms with E-state index in [-0.39, 0.29) is 0 Å². The van der Waals surface area contributed by atoms with Gasteiger partial charge in [-0.1, -0.05) is 32.9 Å². The Bertz CT molecular complexity index is 261. The Balaban J connectivity index is 2.59. The monoisotopic (exact) mass is 191 g/mol. The zero-order chi connectivity index (χ0) is 10.6. The highest BCUT2D eigenvalue weighted by molar-refractivity contribution is 5.45. The standard InChI is InChI=1S/C13H21N/c1-5-12-6-8-13(9-7-12)14-11(4)10(2)3/h6-11,14H,5H2,1-4H3/t11-/m0/s1. The predicted octanol–water partition coefficient (Wildman–Crippen LogP) is 3.71. The molecule has 1 N–H and O–H groups in total. The van der Waals surface area contributed by atoms with Crippen LogP contribution in [0.1, 0.15) is 33.3 Å². The zero-order valence-electron chi connectivity index (χ0n) is 9.67. The second-order valence-electron chi connectivity index (χ2n) is 4.23. The van der Waals surface area contributed by atoms with Gasteiger partial charge in [0.25, 0.3) is 0 Å². The second kappa shape index (κ2) is 5.04. The van der Waals surface area contributed by atoms with Crippen molar-refractivity contribution in [1.82, 2.24) is 0 Å². The topological polar surface area (TPSA) is 12.0 Å². The molecule has 1 aromatic rings. The molecular weight excluding hydrogens is 170 g/mol. The van der Waals surface area contributed by atoms with Crippen molar-refractivity contribution in [2.24, 2.45) is 5.92 Å². The summed E-state index contributed by atoms with van der Waals surface area (Å²) in [5.41, 5.74) is 2.62. The van der Waals surface area contributed by atoms with Gasteiger partial charge < -0.3 is 5.32 Å². The number of anilines is 1. The quantitative estimate of drug-likeness (QED) is 0.765. The highest BCUT2D eigenvalue weighted by Gasteiger charge is 2.05. The van der Waals surface area contributed by atoms with E-state index >= 15 is 0 Å². The number of aryl methyl sites for hydroxylation is 1. The minimum atomic E-state index is 0.530. The third-order valence-corrected chi connectivity index (χ3v) is 2.76. The molecule has 78 valence electrons. The van der Waals surface area contributed by atoms with E-state index in [9.17, 15) is 0 Å². The van der Waals surface area contributed by atoms with Gasteiger partial charge >= 0.3 is 0 Å². The van der Waals surface area contributed by atoms with Crippen LogP contribution in [0.5, 0.6) is 0 Å². The Hall–Kier alpha value is -0.980. The van der Waals surface area contributed by atoms with Gasteiger partial charge in [-0.15, -0.1) is 0 Å². The highest BCUT2D eigenvalue weighted by atomic mass is 14.9. The maximum Gasteiger partial charge on any atom is 0.0342 e. The van der Waals surface area contributed by atoms with E-state index < -0.39 is 0 Å². The van der Waals surface area contributed by atoms with Crippen LogP contribution < -0.4 is 5.32 Å². The summed E-state index contributed by atoms with van der Waals surface area (Å²) in [6.45, 7) is 8.87. The molecule has 0 aromatic heterocycles. The maximum atomic E-state index is 3.49. The van der Waals surface area contributed by atoms with Crippen LogP contribution in [0.4, 0.5) is 5.69 Å². The molecule has 0 aliphatic heterocycles. The van der Waals surface area contributed by atoms with E-state index in [4.69, 9.17) is 0 Å². The molecule has 0 unspecified atom stereocenters. The molecule has 0 radical (unpaired) electrons. The molecule has 0 spiro atoms. The van der Waals surface area contributed by atoms with E-state index in [2.05, 4.69) is 57.3 Å². The van der Waals surface area contributed by atoms with Crippen LogP contribution in [0.3, 0.4) is 0 Å². The van der Waals surface area contributed by atoms with Crippen molar-refractivity contribution in [3.8, 4) is 0 Å². The van der Waals surface area contributed by atoms with Gasteiger partial charge in [0.05, 0.1) is 0 Å². The van der Waals surface area contributed by atoms with Crippen LogP contribution in [0.15, 0.2) is 24.3 Å². The first kappa shape index (κ1) is 11.1. The molecule has 0 aliphatic carbocycles. The van der Waals surface area contributed by atoms with E-state index in [1.54, 1.807) is 0 Å². The molecule has 0 heterocycles. The van der Waals surface area contributed by atoms with E-state index in [1.165, 1.54) is 11.3 Å². The molecular formula is C13H21N. The number of hydrogen-bond donors (Lipinski definition) is 1. The Morgan fingerprint density at radius 3 is 2.07 bits per heavy atom. The van der Waals surface area contributed by atoms with Crippen molar-refractivity contribution in [1.29, 1.82) is 0 Å². The Morgan fingerprint density at radius 2 is 1.64 bits per heavy atom. The van der Waals surface area contributed by atoms with Crippen LogP contribution in [-0.2, 0) is 6.42 Å². The molecule has 1 atom stereocenters. The van der Waals surface area contributed by atoms with Crippen molar-refractivity contribution in [3.63, 3.8) is 0 Å². The molecule has 0 amide bonds. The summed E-state index contributed by atoms with van der Waals surface area (Å²) >= 11 is 0. The van der Waals surface area contributed by atoms with Crippen LogP contribution in [0, 0.1) is 5.92 Å². The molecule has 14 heavy (non-hydrogen) atoms.